The molecule has 132 valence electrons. The van der Waals surface area contributed by atoms with E-state index in [2.05, 4.69) is 5.32 Å². The molecule has 0 unspecified atom stereocenters. The van der Waals surface area contributed by atoms with E-state index in [-0.39, 0.29) is 30.1 Å². The molecule has 6 nitrogen and oxygen atoms in total. The van der Waals surface area contributed by atoms with Gasteiger partial charge in [0.2, 0.25) is 5.91 Å². The zero-order valence-electron chi connectivity index (χ0n) is 14.0. The molecule has 0 aromatic heterocycles. The number of ether oxygens (including phenoxy) is 1. The second kappa shape index (κ2) is 9.00. The van der Waals surface area contributed by atoms with Gasteiger partial charge in [-0.2, -0.15) is 0 Å². The first-order valence-electron chi connectivity index (χ1n) is 7.69. The van der Waals surface area contributed by atoms with Crippen LogP contribution in [0.1, 0.15) is 43.5 Å². The van der Waals surface area contributed by atoms with Crippen LogP contribution in [-0.4, -0.2) is 35.9 Å². The molecule has 0 saturated carbocycles. The highest BCUT2D eigenvalue weighted by molar-refractivity contribution is 5.98. The Morgan fingerprint density at radius 1 is 1.29 bits per heavy atom. The van der Waals surface area contributed by atoms with E-state index in [1.807, 2.05) is 6.92 Å². The minimum atomic E-state index is -1.11. The molecule has 0 heterocycles. The van der Waals surface area contributed by atoms with E-state index in [9.17, 15) is 18.8 Å². The maximum atomic E-state index is 13.6. The highest BCUT2D eigenvalue weighted by Crippen LogP contribution is 2.19. The molecule has 0 aliphatic rings. The van der Waals surface area contributed by atoms with Crippen molar-refractivity contribution in [1.29, 1.82) is 0 Å². The summed E-state index contributed by atoms with van der Waals surface area (Å²) in [4.78, 5) is 35.0. The number of Topliss-reactive ketones (excluding diaryl/α,β-unsaturated/α-hetero) is 1. The standard InChI is InChI=1S/C17H22FNO5/c1-4-10(2)16(17(22)23)19-15(21)8-6-13(20)11-5-7-14(24-3)12(18)9-11/h5,7,9-10,16H,4,6,8H2,1-3H3,(H,19,21)(H,22,23)/t10-,16-/m0/s1. The van der Waals surface area contributed by atoms with Crippen molar-refractivity contribution < 1.29 is 28.6 Å². The van der Waals surface area contributed by atoms with Crippen molar-refractivity contribution in [2.75, 3.05) is 7.11 Å². The number of benzene rings is 1. The van der Waals surface area contributed by atoms with Gasteiger partial charge in [-0.3, -0.25) is 9.59 Å². The van der Waals surface area contributed by atoms with E-state index in [1.165, 1.54) is 19.2 Å². The molecule has 2 atom stereocenters. The van der Waals surface area contributed by atoms with Crippen LogP contribution in [0.3, 0.4) is 0 Å². The topological polar surface area (TPSA) is 92.7 Å². The molecule has 24 heavy (non-hydrogen) atoms. The van der Waals surface area contributed by atoms with Gasteiger partial charge in [0, 0.05) is 18.4 Å². The summed E-state index contributed by atoms with van der Waals surface area (Å²) in [5.41, 5.74) is 0.137. The van der Waals surface area contributed by atoms with Crippen LogP contribution in [0.5, 0.6) is 5.75 Å². The summed E-state index contributed by atoms with van der Waals surface area (Å²) >= 11 is 0. The van der Waals surface area contributed by atoms with Crippen LogP contribution in [0.2, 0.25) is 0 Å². The Labute approximate surface area is 140 Å². The lowest BCUT2D eigenvalue weighted by atomic mass is 9.99. The van der Waals surface area contributed by atoms with Crippen LogP contribution in [0.4, 0.5) is 4.39 Å². The fraction of sp³-hybridized carbons (Fsp3) is 0.471. The second-order valence-electron chi connectivity index (χ2n) is 5.54. The molecule has 0 aliphatic carbocycles. The van der Waals surface area contributed by atoms with E-state index in [4.69, 9.17) is 9.84 Å². The average molecular weight is 339 g/mol. The highest BCUT2D eigenvalue weighted by Gasteiger charge is 2.25. The monoisotopic (exact) mass is 339 g/mol. The number of aliphatic carboxylic acids is 1. The molecule has 1 amide bonds. The van der Waals surface area contributed by atoms with Crippen molar-refractivity contribution in [2.24, 2.45) is 5.92 Å². The van der Waals surface area contributed by atoms with Gasteiger partial charge in [0.1, 0.15) is 6.04 Å². The Hall–Kier alpha value is -2.44. The van der Waals surface area contributed by atoms with Crippen molar-refractivity contribution in [3.05, 3.63) is 29.6 Å². The number of carbonyl (C=O) groups is 3. The molecule has 2 N–H and O–H groups in total. The molecular formula is C17H22FNO5. The predicted octanol–water partition coefficient (Wildman–Crippen LogP) is 2.41. The van der Waals surface area contributed by atoms with Crippen LogP contribution >= 0.6 is 0 Å². The average Bonchev–Trinajstić information content (AvgIpc) is 2.56. The van der Waals surface area contributed by atoms with Crippen molar-refractivity contribution in [2.45, 2.75) is 39.2 Å². The van der Waals surface area contributed by atoms with Gasteiger partial charge in [0.15, 0.2) is 17.3 Å². The zero-order valence-corrected chi connectivity index (χ0v) is 14.0. The Balaban J connectivity index is 2.61. The third kappa shape index (κ3) is 5.33. The third-order valence-electron chi connectivity index (χ3n) is 3.85. The van der Waals surface area contributed by atoms with Gasteiger partial charge >= 0.3 is 5.97 Å². The van der Waals surface area contributed by atoms with Gasteiger partial charge < -0.3 is 15.2 Å². The van der Waals surface area contributed by atoms with Crippen LogP contribution < -0.4 is 10.1 Å². The number of rotatable bonds is 9. The summed E-state index contributed by atoms with van der Waals surface area (Å²) in [6, 6.07) is 2.82. The minimum absolute atomic E-state index is 0.0298. The largest absolute Gasteiger partial charge is 0.494 e. The molecule has 0 saturated heterocycles. The molecule has 0 fully saturated rings. The number of halogens is 1. The summed E-state index contributed by atoms with van der Waals surface area (Å²) in [7, 11) is 1.32. The molecular weight excluding hydrogens is 317 g/mol. The van der Waals surface area contributed by atoms with Crippen molar-refractivity contribution >= 4 is 17.7 Å². The number of ketones is 1. The van der Waals surface area contributed by atoms with Crippen LogP contribution in [-0.2, 0) is 9.59 Å². The fourth-order valence-corrected chi connectivity index (χ4v) is 2.14. The van der Waals surface area contributed by atoms with Crippen molar-refractivity contribution in [1.82, 2.24) is 5.32 Å². The first-order chi connectivity index (χ1) is 11.3. The summed E-state index contributed by atoms with van der Waals surface area (Å²) < 4.78 is 18.3. The lowest BCUT2D eigenvalue weighted by Crippen LogP contribution is -2.45. The summed E-state index contributed by atoms with van der Waals surface area (Å²) in [5.74, 6) is -2.89. The predicted molar refractivity (Wildman–Crippen MR) is 85.5 cm³/mol. The molecule has 0 aliphatic heterocycles. The Morgan fingerprint density at radius 3 is 2.46 bits per heavy atom. The number of amides is 1. The van der Waals surface area contributed by atoms with Crippen LogP contribution in [0.25, 0.3) is 0 Å². The lowest BCUT2D eigenvalue weighted by molar-refractivity contribution is -0.143. The van der Waals surface area contributed by atoms with Crippen LogP contribution in [0, 0.1) is 11.7 Å². The fourth-order valence-electron chi connectivity index (χ4n) is 2.14. The van der Waals surface area contributed by atoms with Gasteiger partial charge in [0.05, 0.1) is 7.11 Å². The smallest absolute Gasteiger partial charge is 0.326 e. The third-order valence-corrected chi connectivity index (χ3v) is 3.85. The summed E-state index contributed by atoms with van der Waals surface area (Å²) in [5, 5.41) is 11.5. The normalized spacial score (nSPS) is 13.0. The number of hydrogen-bond acceptors (Lipinski definition) is 4. The second-order valence-corrected chi connectivity index (χ2v) is 5.54. The summed E-state index contributed by atoms with van der Waals surface area (Å²) in [6.45, 7) is 3.55. The number of hydrogen-bond donors (Lipinski definition) is 2. The molecule has 0 radical (unpaired) electrons. The van der Waals surface area contributed by atoms with Crippen molar-refractivity contribution in [3.8, 4) is 5.75 Å². The quantitative estimate of drug-likeness (QED) is 0.674. The first kappa shape index (κ1) is 19.6. The van der Waals surface area contributed by atoms with Gasteiger partial charge in [-0.25, -0.2) is 9.18 Å². The minimum Gasteiger partial charge on any atom is -0.494 e. The van der Waals surface area contributed by atoms with E-state index in [0.717, 1.165) is 6.07 Å². The molecule has 1 rings (SSSR count). The number of methoxy groups -OCH3 is 1. The van der Waals surface area contributed by atoms with E-state index >= 15 is 0 Å². The van der Waals surface area contributed by atoms with Gasteiger partial charge in [-0.15, -0.1) is 0 Å². The number of carbonyl (C=O) groups excluding carboxylic acids is 2. The molecule has 1 aromatic carbocycles. The molecule has 0 bridgehead atoms. The first-order valence-corrected chi connectivity index (χ1v) is 7.69. The SMILES string of the molecule is CC[C@H](C)[C@H](NC(=O)CCC(=O)c1ccc(OC)c(F)c1)C(=O)O. The Kier molecular flexibility index (Phi) is 7.35. The number of carboxylic acid groups (broad SMARTS) is 1. The van der Waals surface area contributed by atoms with E-state index in [1.54, 1.807) is 6.92 Å². The number of nitrogens with one attached hydrogen (secondary N) is 1. The Bertz CT molecular complexity index is 617. The highest BCUT2D eigenvalue weighted by atomic mass is 19.1. The molecule has 7 heteroatoms. The lowest BCUT2D eigenvalue weighted by Gasteiger charge is -2.20. The van der Waals surface area contributed by atoms with Gasteiger partial charge in [-0.1, -0.05) is 20.3 Å². The Morgan fingerprint density at radius 2 is 1.96 bits per heavy atom. The number of carboxylic acids is 1. The maximum absolute atomic E-state index is 13.6. The zero-order chi connectivity index (χ0) is 18.3. The van der Waals surface area contributed by atoms with Crippen molar-refractivity contribution in [3.63, 3.8) is 0 Å². The molecule has 0 spiro atoms. The summed E-state index contributed by atoms with van der Waals surface area (Å²) in [6.07, 6.45) is 0.304. The van der Waals surface area contributed by atoms with E-state index < -0.39 is 29.5 Å². The van der Waals surface area contributed by atoms with Gasteiger partial charge in [0.25, 0.3) is 0 Å². The van der Waals surface area contributed by atoms with Crippen LogP contribution in [0.15, 0.2) is 18.2 Å². The maximum Gasteiger partial charge on any atom is 0.326 e. The van der Waals surface area contributed by atoms with Gasteiger partial charge in [-0.05, 0) is 24.1 Å². The molecule has 1 aromatic rings. The van der Waals surface area contributed by atoms with E-state index in [0.29, 0.717) is 6.42 Å².